The molecule has 5 aromatic rings. The van der Waals surface area contributed by atoms with Crippen LogP contribution in [0, 0.1) is 17.2 Å². The Kier molecular flexibility index (Phi) is 13.4. The maximum atomic E-state index is 14.1. The fourth-order valence-corrected chi connectivity index (χ4v) is 7.85. The number of carboxylic acid groups (broad SMARTS) is 2. The molecule has 308 valence electrons. The van der Waals surface area contributed by atoms with Gasteiger partial charge in [0.1, 0.15) is 5.82 Å². The summed E-state index contributed by atoms with van der Waals surface area (Å²) < 4.78 is 55.4. The number of carbonyl (C=O) groups excluding carboxylic acids is 2. The number of ketones is 1. The maximum Gasteiger partial charge on any atom is 0.416 e. The zero-order valence-electron chi connectivity index (χ0n) is 32.2. The molecule has 3 heterocycles. The first-order chi connectivity index (χ1) is 28.2. The van der Waals surface area contributed by atoms with Crippen LogP contribution in [0.25, 0.3) is 11.0 Å². The highest BCUT2D eigenvalue weighted by Gasteiger charge is 2.46. The van der Waals surface area contributed by atoms with E-state index in [2.05, 4.69) is 4.90 Å². The molecule has 1 unspecified atom stereocenters. The van der Waals surface area contributed by atoms with E-state index in [0.717, 1.165) is 34.3 Å². The lowest BCUT2D eigenvalue weighted by Crippen LogP contribution is -2.42. The molecular formula is C45H44F4N4O6. The van der Waals surface area contributed by atoms with Crippen LogP contribution < -0.4 is 0 Å². The van der Waals surface area contributed by atoms with Gasteiger partial charge in [0.25, 0.3) is 0 Å². The molecule has 1 aromatic heterocycles. The van der Waals surface area contributed by atoms with Gasteiger partial charge in [0, 0.05) is 37.7 Å². The SMILES string of the molecule is O=C(O)/C=C\C(=O)O.O=C(c1nc2ccccc2n1Cc1ccc(F)cc1)C1CCN(CCC2(Cc3ccc(C(F)(F)F)cc3)CCN(Cc3ccccc3)C2=O)CC1. The zero-order valence-corrected chi connectivity index (χ0v) is 32.2. The summed E-state index contributed by atoms with van der Waals surface area (Å²) in [5.41, 5.74) is 2.78. The predicted molar refractivity (Wildman–Crippen MR) is 212 cm³/mol. The minimum absolute atomic E-state index is 0.00531. The molecule has 2 aliphatic rings. The number of nitrogens with zero attached hydrogens (tertiary/aromatic N) is 4. The summed E-state index contributed by atoms with van der Waals surface area (Å²) in [5.74, 6) is -2.60. The zero-order chi connectivity index (χ0) is 42.2. The van der Waals surface area contributed by atoms with Gasteiger partial charge >= 0.3 is 18.1 Å². The molecule has 2 saturated heterocycles. The molecule has 1 atom stereocenters. The van der Waals surface area contributed by atoms with Crippen molar-refractivity contribution in [1.29, 1.82) is 0 Å². The van der Waals surface area contributed by atoms with E-state index in [1.54, 1.807) is 12.1 Å². The molecular weight excluding hydrogens is 769 g/mol. The van der Waals surface area contributed by atoms with Crippen molar-refractivity contribution in [3.63, 3.8) is 0 Å². The highest BCUT2D eigenvalue weighted by Crippen LogP contribution is 2.41. The standard InChI is InChI=1S/C41H40F4N4O2.C4H4O4/c42-34-16-12-31(13-17-34)28-49-36-9-5-4-8-35(36)46-38(49)37(50)32-18-22-47(23-19-32)24-20-40(26-29-10-14-33(15-11-29)41(43,44)45)21-25-48(39(40)51)27-30-6-2-1-3-7-30;5-3(6)1-2-4(7)8/h1-17,32H,18-28H2;1-2H,(H,5,6)(H,7,8)/b;2-1-. The molecule has 2 N–H and O–H groups in total. The summed E-state index contributed by atoms with van der Waals surface area (Å²) in [6, 6.07) is 28.9. The van der Waals surface area contributed by atoms with Crippen molar-refractivity contribution < 1.29 is 47.0 Å². The Labute approximate surface area is 338 Å². The van der Waals surface area contributed by atoms with Crippen LogP contribution in [-0.2, 0) is 40.1 Å². The number of likely N-dealkylation sites (tertiary alicyclic amines) is 2. The molecule has 14 heteroatoms. The van der Waals surface area contributed by atoms with E-state index in [1.807, 2.05) is 64.1 Å². The van der Waals surface area contributed by atoms with Gasteiger partial charge < -0.3 is 24.6 Å². The Morgan fingerprint density at radius 1 is 0.763 bits per heavy atom. The highest BCUT2D eigenvalue weighted by molar-refractivity contribution is 5.98. The molecule has 0 saturated carbocycles. The summed E-state index contributed by atoms with van der Waals surface area (Å²) in [7, 11) is 0. The number of hydrogen-bond acceptors (Lipinski definition) is 6. The second-order valence-electron chi connectivity index (χ2n) is 15.0. The minimum Gasteiger partial charge on any atom is -0.478 e. The van der Waals surface area contributed by atoms with Crippen molar-refractivity contribution in [2.75, 3.05) is 26.2 Å². The van der Waals surface area contributed by atoms with Crippen LogP contribution in [0.2, 0.25) is 0 Å². The Bertz CT molecular complexity index is 2270. The number of piperidine rings is 1. The van der Waals surface area contributed by atoms with Gasteiger partial charge in [0.2, 0.25) is 11.7 Å². The van der Waals surface area contributed by atoms with Gasteiger partial charge in [-0.1, -0.05) is 66.7 Å². The molecule has 10 nitrogen and oxygen atoms in total. The first-order valence-electron chi connectivity index (χ1n) is 19.3. The van der Waals surface area contributed by atoms with Crippen LogP contribution in [0.5, 0.6) is 0 Å². The molecule has 0 aliphatic carbocycles. The van der Waals surface area contributed by atoms with Crippen LogP contribution in [0.15, 0.2) is 115 Å². The lowest BCUT2D eigenvalue weighted by atomic mass is 9.76. The number of rotatable bonds is 13. The van der Waals surface area contributed by atoms with Gasteiger partial charge in [-0.25, -0.2) is 19.0 Å². The van der Waals surface area contributed by atoms with Gasteiger partial charge in [-0.2, -0.15) is 13.2 Å². The van der Waals surface area contributed by atoms with Gasteiger partial charge in [-0.15, -0.1) is 0 Å². The molecule has 1 amide bonds. The third kappa shape index (κ3) is 10.9. The fourth-order valence-electron chi connectivity index (χ4n) is 7.85. The predicted octanol–water partition coefficient (Wildman–Crippen LogP) is 7.90. The number of imidazole rings is 1. The first-order valence-corrected chi connectivity index (χ1v) is 19.3. The topological polar surface area (TPSA) is 133 Å². The molecule has 59 heavy (non-hydrogen) atoms. The van der Waals surface area contributed by atoms with Crippen molar-refractivity contribution in [2.45, 2.75) is 51.4 Å². The molecule has 7 rings (SSSR count). The number of amides is 1. The number of para-hydroxylation sites is 2. The number of Topliss-reactive ketones (excluding diaryl/α,β-unsaturated/α-hetero) is 1. The van der Waals surface area contributed by atoms with E-state index >= 15 is 0 Å². The van der Waals surface area contributed by atoms with Crippen LogP contribution in [0.4, 0.5) is 17.6 Å². The second-order valence-corrected chi connectivity index (χ2v) is 15.0. The third-order valence-electron chi connectivity index (χ3n) is 11.0. The lowest BCUT2D eigenvalue weighted by molar-refractivity contribution is -0.138. The largest absolute Gasteiger partial charge is 0.478 e. The van der Waals surface area contributed by atoms with E-state index < -0.39 is 29.1 Å². The fraction of sp³-hybridized carbons (Fsp3) is 0.311. The third-order valence-corrected chi connectivity index (χ3v) is 11.0. The Hall–Kier alpha value is -6.15. The number of fused-ring (bicyclic) bond motifs is 1. The Morgan fingerprint density at radius 3 is 1.98 bits per heavy atom. The van der Waals surface area contributed by atoms with E-state index in [4.69, 9.17) is 15.2 Å². The number of hydrogen-bond donors (Lipinski definition) is 2. The van der Waals surface area contributed by atoms with Crippen LogP contribution in [-0.4, -0.2) is 79.4 Å². The smallest absolute Gasteiger partial charge is 0.416 e. The van der Waals surface area contributed by atoms with Crippen LogP contribution in [0.3, 0.4) is 0 Å². The number of carbonyl (C=O) groups is 4. The van der Waals surface area contributed by atoms with Gasteiger partial charge in [0.15, 0.2) is 5.82 Å². The number of carboxylic acids is 2. The van der Waals surface area contributed by atoms with Crippen molar-refractivity contribution in [2.24, 2.45) is 11.3 Å². The van der Waals surface area contributed by atoms with Crippen molar-refractivity contribution >= 4 is 34.7 Å². The maximum absolute atomic E-state index is 14.1. The first kappa shape index (κ1) is 42.5. The summed E-state index contributed by atoms with van der Waals surface area (Å²) in [6.45, 7) is 3.50. The van der Waals surface area contributed by atoms with E-state index in [0.29, 0.717) is 94.9 Å². The molecule has 0 radical (unpaired) electrons. The average Bonchev–Trinajstić information content (AvgIpc) is 3.74. The number of alkyl halides is 3. The minimum atomic E-state index is -4.42. The number of aliphatic carboxylic acids is 2. The summed E-state index contributed by atoms with van der Waals surface area (Å²) in [4.78, 5) is 56.2. The summed E-state index contributed by atoms with van der Waals surface area (Å²) in [6.07, 6.45) is -0.436. The number of aromatic nitrogens is 2. The highest BCUT2D eigenvalue weighted by atomic mass is 19.4. The Balaban J connectivity index is 0.000000664. The molecule has 2 aliphatic heterocycles. The number of halogens is 4. The lowest BCUT2D eigenvalue weighted by Gasteiger charge is -2.35. The van der Waals surface area contributed by atoms with E-state index in [1.165, 1.54) is 24.3 Å². The molecule has 0 spiro atoms. The summed E-state index contributed by atoms with van der Waals surface area (Å²) >= 11 is 0. The normalized spacial score (nSPS) is 17.6. The number of benzene rings is 4. The van der Waals surface area contributed by atoms with Crippen LogP contribution >= 0.6 is 0 Å². The molecule has 0 bridgehead atoms. The Morgan fingerprint density at radius 2 is 1.36 bits per heavy atom. The van der Waals surface area contributed by atoms with Gasteiger partial charge in [-0.3, -0.25) is 9.59 Å². The quantitative estimate of drug-likeness (QED) is 0.0697. The summed E-state index contributed by atoms with van der Waals surface area (Å²) in [5, 5.41) is 15.6. The van der Waals surface area contributed by atoms with Crippen molar-refractivity contribution in [1.82, 2.24) is 19.4 Å². The van der Waals surface area contributed by atoms with Crippen molar-refractivity contribution in [3.05, 3.63) is 149 Å². The molecule has 4 aromatic carbocycles. The molecule has 2 fully saturated rings. The van der Waals surface area contributed by atoms with E-state index in [-0.39, 0.29) is 23.4 Å². The second kappa shape index (κ2) is 18.6. The average molecular weight is 813 g/mol. The van der Waals surface area contributed by atoms with Gasteiger partial charge in [-0.05, 0) is 105 Å². The monoisotopic (exact) mass is 812 g/mol. The van der Waals surface area contributed by atoms with Crippen LogP contribution in [0.1, 0.15) is 58.6 Å². The van der Waals surface area contributed by atoms with Crippen molar-refractivity contribution in [3.8, 4) is 0 Å². The van der Waals surface area contributed by atoms with Gasteiger partial charge in [0.05, 0.1) is 22.0 Å². The van der Waals surface area contributed by atoms with E-state index in [9.17, 15) is 36.7 Å².